The molecule has 0 spiro atoms. The maximum Gasteiger partial charge on any atom is 0.193 e. The Labute approximate surface area is 140 Å². The Balaban J connectivity index is 2.06. The molecular formula is C19H30N4. The lowest BCUT2D eigenvalue weighted by Gasteiger charge is -2.21. The lowest BCUT2D eigenvalue weighted by Crippen LogP contribution is -2.39. The molecule has 1 heterocycles. The summed E-state index contributed by atoms with van der Waals surface area (Å²) in [5.41, 5.74) is 3.86. The van der Waals surface area contributed by atoms with E-state index in [1.54, 1.807) is 0 Å². The van der Waals surface area contributed by atoms with Crippen molar-refractivity contribution < 1.29 is 0 Å². The van der Waals surface area contributed by atoms with Gasteiger partial charge in [-0.05, 0) is 38.3 Å². The van der Waals surface area contributed by atoms with Crippen molar-refractivity contribution in [1.29, 1.82) is 0 Å². The van der Waals surface area contributed by atoms with Crippen LogP contribution in [0.1, 0.15) is 37.9 Å². The number of unbranched alkanes of at least 4 members (excludes halogenated alkanes) is 1. The Hall–Kier alpha value is -1.97. The van der Waals surface area contributed by atoms with Crippen LogP contribution in [0.15, 0.2) is 29.3 Å². The average Bonchev–Trinajstić information content (AvgIpc) is 2.87. The number of aromatic nitrogens is 1. The third-order valence-electron chi connectivity index (χ3n) is 4.19. The van der Waals surface area contributed by atoms with Crippen molar-refractivity contribution in [3.05, 3.63) is 35.5 Å². The van der Waals surface area contributed by atoms with Gasteiger partial charge < -0.3 is 15.2 Å². The standard InChI is InChI=1S/C19H30N4/c1-5-7-14-23(4)19(20-6-2)21-13-12-16-15(3)22-18-11-9-8-10-17(16)18/h8-11,22H,5-7,12-14H2,1-4H3,(H,20,21). The highest BCUT2D eigenvalue weighted by Crippen LogP contribution is 2.22. The van der Waals surface area contributed by atoms with Crippen molar-refractivity contribution >= 4 is 16.9 Å². The Morgan fingerprint density at radius 2 is 2.04 bits per heavy atom. The molecular weight excluding hydrogens is 284 g/mol. The number of aliphatic imine (C=N–C) groups is 1. The van der Waals surface area contributed by atoms with Gasteiger partial charge in [0.15, 0.2) is 5.96 Å². The van der Waals surface area contributed by atoms with Gasteiger partial charge in [-0.1, -0.05) is 31.5 Å². The molecule has 1 aromatic heterocycles. The van der Waals surface area contributed by atoms with E-state index >= 15 is 0 Å². The highest BCUT2D eigenvalue weighted by Gasteiger charge is 2.08. The number of aryl methyl sites for hydroxylation is 1. The van der Waals surface area contributed by atoms with E-state index < -0.39 is 0 Å². The average molecular weight is 314 g/mol. The minimum atomic E-state index is 0.807. The SMILES string of the molecule is CCCCN(C)C(=NCCc1c(C)[nH]c2ccccc12)NCC. The van der Waals surface area contributed by atoms with Gasteiger partial charge in [0.25, 0.3) is 0 Å². The molecule has 0 fully saturated rings. The zero-order valence-electron chi connectivity index (χ0n) is 14.9. The number of aromatic amines is 1. The predicted octanol–water partition coefficient (Wildman–Crippen LogP) is 3.72. The fraction of sp³-hybridized carbons (Fsp3) is 0.526. The lowest BCUT2D eigenvalue weighted by molar-refractivity contribution is 0.465. The molecule has 4 heteroatoms. The van der Waals surface area contributed by atoms with Crippen molar-refractivity contribution in [1.82, 2.24) is 15.2 Å². The summed E-state index contributed by atoms with van der Waals surface area (Å²) in [6, 6.07) is 8.51. The molecule has 0 unspecified atom stereocenters. The van der Waals surface area contributed by atoms with Crippen molar-refractivity contribution in [2.45, 2.75) is 40.0 Å². The van der Waals surface area contributed by atoms with Crippen LogP contribution in [0, 0.1) is 6.92 Å². The number of rotatable bonds is 7. The molecule has 2 N–H and O–H groups in total. The summed E-state index contributed by atoms with van der Waals surface area (Å²) in [7, 11) is 2.12. The fourth-order valence-electron chi connectivity index (χ4n) is 2.90. The molecule has 2 rings (SSSR count). The first-order valence-electron chi connectivity index (χ1n) is 8.73. The minimum absolute atomic E-state index is 0.807. The second-order valence-electron chi connectivity index (χ2n) is 6.03. The first-order chi connectivity index (χ1) is 11.2. The van der Waals surface area contributed by atoms with E-state index in [1.165, 1.54) is 35.0 Å². The Morgan fingerprint density at radius 1 is 1.26 bits per heavy atom. The molecule has 4 nitrogen and oxygen atoms in total. The summed E-state index contributed by atoms with van der Waals surface area (Å²) in [5.74, 6) is 1.01. The molecule has 0 atom stereocenters. The van der Waals surface area contributed by atoms with Gasteiger partial charge in [-0.15, -0.1) is 0 Å². The van der Waals surface area contributed by atoms with Crippen LogP contribution in [0.3, 0.4) is 0 Å². The number of fused-ring (bicyclic) bond motifs is 1. The Bertz CT molecular complexity index is 642. The second-order valence-corrected chi connectivity index (χ2v) is 6.03. The van der Waals surface area contributed by atoms with E-state index in [1.807, 2.05) is 0 Å². The lowest BCUT2D eigenvalue weighted by atomic mass is 10.1. The van der Waals surface area contributed by atoms with Crippen LogP contribution in [0.2, 0.25) is 0 Å². The summed E-state index contributed by atoms with van der Waals surface area (Å²) in [6.45, 7) is 9.25. The maximum atomic E-state index is 4.81. The Morgan fingerprint density at radius 3 is 2.78 bits per heavy atom. The van der Waals surface area contributed by atoms with Crippen LogP contribution in [-0.2, 0) is 6.42 Å². The number of nitrogens with zero attached hydrogens (tertiary/aromatic N) is 2. The van der Waals surface area contributed by atoms with E-state index in [9.17, 15) is 0 Å². The van der Waals surface area contributed by atoms with Gasteiger partial charge in [0.05, 0.1) is 0 Å². The molecule has 0 aliphatic rings. The van der Waals surface area contributed by atoms with E-state index in [0.29, 0.717) is 0 Å². The third-order valence-corrected chi connectivity index (χ3v) is 4.19. The molecule has 0 aliphatic heterocycles. The van der Waals surface area contributed by atoms with Crippen molar-refractivity contribution in [3.8, 4) is 0 Å². The van der Waals surface area contributed by atoms with Crippen LogP contribution in [0.25, 0.3) is 10.9 Å². The number of benzene rings is 1. The molecule has 1 aromatic carbocycles. The maximum absolute atomic E-state index is 4.81. The zero-order valence-corrected chi connectivity index (χ0v) is 14.9. The normalized spacial score (nSPS) is 11.9. The summed E-state index contributed by atoms with van der Waals surface area (Å²) < 4.78 is 0. The van der Waals surface area contributed by atoms with Gasteiger partial charge in [-0.25, -0.2) is 0 Å². The second kappa shape index (κ2) is 8.61. The quantitative estimate of drug-likeness (QED) is 0.604. The van der Waals surface area contributed by atoms with Gasteiger partial charge in [0, 0.05) is 43.3 Å². The van der Waals surface area contributed by atoms with Gasteiger partial charge in [-0.3, -0.25) is 4.99 Å². The smallest absolute Gasteiger partial charge is 0.193 e. The number of para-hydroxylation sites is 1. The molecule has 23 heavy (non-hydrogen) atoms. The molecule has 0 saturated heterocycles. The molecule has 0 bridgehead atoms. The largest absolute Gasteiger partial charge is 0.358 e. The first kappa shape index (κ1) is 17.4. The number of H-pyrrole nitrogens is 1. The van der Waals surface area contributed by atoms with Crippen molar-refractivity contribution in [3.63, 3.8) is 0 Å². The predicted molar refractivity (Wildman–Crippen MR) is 100 cm³/mol. The number of guanidine groups is 1. The van der Waals surface area contributed by atoms with Gasteiger partial charge in [-0.2, -0.15) is 0 Å². The highest BCUT2D eigenvalue weighted by molar-refractivity contribution is 5.84. The van der Waals surface area contributed by atoms with E-state index in [4.69, 9.17) is 4.99 Å². The third kappa shape index (κ3) is 4.50. The molecule has 0 amide bonds. The van der Waals surface area contributed by atoms with Crippen molar-refractivity contribution in [2.75, 3.05) is 26.7 Å². The number of hydrogen-bond acceptors (Lipinski definition) is 1. The van der Waals surface area contributed by atoms with Crippen molar-refractivity contribution in [2.24, 2.45) is 4.99 Å². The topological polar surface area (TPSA) is 43.4 Å². The Kier molecular flexibility index (Phi) is 6.51. The molecule has 126 valence electrons. The zero-order chi connectivity index (χ0) is 16.7. The number of nitrogens with one attached hydrogen (secondary N) is 2. The summed E-state index contributed by atoms with van der Waals surface area (Å²) >= 11 is 0. The van der Waals surface area contributed by atoms with Crippen LogP contribution in [0.4, 0.5) is 0 Å². The summed E-state index contributed by atoms with van der Waals surface area (Å²) in [4.78, 5) is 10.5. The van der Waals surface area contributed by atoms with Gasteiger partial charge in [0.2, 0.25) is 0 Å². The summed E-state index contributed by atoms with van der Waals surface area (Å²) in [5, 5.41) is 4.71. The van der Waals surface area contributed by atoms with E-state index in [0.717, 1.165) is 32.0 Å². The molecule has 2 aromatic rings. The van der Waals surface area contributed by atoms with E-state index in [-0.39, 0.29) is 0 Å². The van der Waals surface area contributed by atoms with Gasteiger partial charge in [0.1, 0.15) is 0 Å². The monoisotopic (exact) mass is 314 g/mol. The van der Waals surface area contributed by atoms with Crippen LogP contribution in [0.5, 0.6) is 0 Å². The summed E-state index contributed by atoms with van der Waals surface area (Å²) in [6.07, 6.45) is 3.37. The first-order valence-corrected chi connectivity index (χ1v) is 8.73. The molecule has 0 aliphatic carbocycles. The molecule has 0 radical (unpaired) electrons. The van der Waals surface area contributed by atoms with Crippen LogP contribution < -0.4 is 5.32 Å². The fourth-order valence-corrected chi connectivity index (χ4v) is 2.90. The van der Waals surface area contributed by atoms with E-state index in [2.05, 4.69) is 67.3 Å². The highest BCUT2D eigenvalue weighted by atomic mass is 15.3. The number of hydrogen-bond donors (Lipinski definition) is 2. The molecule has 0 saturated carbocycles. The minimum Gasteiger partial charge on any atom is -0.358 e. The van der Waals surface area contributed by atoms with Gasteiger partial charge >= 0.3 is 0 Å². The van der Waals surface area contributed by atoms with Crippen LogP contribution in [-0.4, -0.2) is 42.5 Å². The van der Waals surface area contributed by atoms with Crippen LogP contribution >= 0.6 is 0 Å².